The van der Waals surface area contributed by atoms with Gasteiger partial charge in [0.05, 0.1) is 11.7 Å². The second-order valence-electron chi connectivity index (χ2n) is 5.93. The number of aliphatic hydroxyl groups excluding tert-OH is 1. The fourth-order valence-corrected chi connectivity index (χ4v) is 2.64. The molecule has 0 spiro atoms. The topological polar surface area (TPSA) is 67.8 Å². The van der Waals surface area contributed by atoms with E-state index < -0.39 is 0 Å². The van der Waals surface area contributed by atoms with E-state index in [-0.39, 0.29) is 23.5 Å². The normalized spacial score (nSPS) is 26.6. The van der Waals surface area contributed by atoms with Gasteiger partial charge in [-0.1, -0.05) is 19.9 Å². The first-order valence-electron chi connectivity index (χ1n) is 6.87. The summed E-state index contributed by atoms with van der Waals surface area (Å²) < 4.78 is 11.0. The summed E-state index contributed by atoms with van der Waals surface area (Å²) in [6, 6.07) is 5.28. The molecular weight excluding hydrogens is 258 g/mol. The van der Waals surface area contributed by atoms with Crippen molar-refractivity contribution in [1.29, 1.82) is 0 Å². The lowest BCUT2D eigenvalue weighted by Gasteiger charge is -2.49. The van der Waals surface area contributed by atoms with E-state index in [1.165, 1.54) is 0 Å². The number of amides is 1. The Bertz CT molecular complexity index is 541. The fraction of sp³-hybridized carbons (Fsp3) is 0.533. The van der Waals surface area contributed by atoms with Crippen LogP contribution in [0.25, 0.3) is 0 Å². The molecule has 108 valence electrons. The van der Waals surface area contributed by atoms with E-state index in [2.05, 4.69) is 5.32 Å². The van der Waals surface area contributed by atoms with Crippen LogP contribution in [-0.2, 0) is 0 Å². The second kappa shape index (κ2) is 4.66. The number of nitrogens with one attached hydrogen (secondary N) is 1. The molecule has 1 fully saturated rings. The van der Waals surface area contributed by atoms with Crippen LogP contribution in [0.15, 0.2) is 18.2 Å². The van der Waals surface area contributed by atoms with Crippen molar-refractivity contribution in [3.8, 4) is 11.5 Å². The Hall–Kier alpha value is -1.75. The molecule has 0 radical (unpaired) electrons. The van der Waals surface area contributed by atoms with Crippen LogP contribution in [0.2, 0.25) is 0 Å². The smallest absolute Gasteiger partial charge is 0.255 e. The minimum atomic E-state index is -0.364. The molecule has 1 aromatic rings. The Morgan fingerprint density at radius 2 is 2.10 bits per heavy atom. The maximum atomic E-state index is 12.4. The van der Waals surface area contributed by atoms with Crippen molar-refractivity contribution in [3.63, 3.8) is 0 Å². The number of hydrogen-bond donors (Lipinski definition) is 2. The average Bonchev–Trinajstić information content (AvgIpc) is 2.46. The molecular formula is C15H19NO4. The lowest BCUT2D eigenvalue weighted by Crippen LogP contribution is -2.61. The van der Waals surface area contributed by atoms with Crippen LogP contribution in [0.1, 0.15) is 30.6 Å². The number of aliphatic hydroxyl groups is 1. The zero-order chi connectivity index (χ0) is 14.3. The molecule has 3 rings (SSSR count). The van der Waals surface area contributed by atoms with Crippen molar-refractivity contribution < 1.29 is 19.4 Å². The summed E-state index contributed by atoms with van der Waals surface area (Å²) in [6.07, 6.45) is 0.225. The predicted molar refractivity (Wildman–Crippen MR) is 73.1 cm³/mol. The first-order chi connectivity index (χ1) is 9.50. The highest BCUT2D eigenvalue weighted by Gasteiger charge is 2.48. The minimum absolute atomic E-state index is 0.0228. The van der Waals surface area contributed by atoms with Gasteiger partial charge < -0.3 is 19.9 Å². The molecule has 20 heavy (non-hydrogen) atoms. The van der Waals surface area contributed by atoms with Crippen molar-refractivity contribution in [2.24, 2.45) is 5.41 Å². The zero-order valence-electron chi connectivity index (χ0n) is 11.7. The third-order valence-electron chi connectivity index (χ3n) is 4.33. The number of hydrogen-bond acceptors (Lipinski definition) is 4. The van der Waals surface area contributed by atoms with Crippen molar-refractivity contribution >= 4 is 5.91 Å². The van der Waals surface area contributed by atoms with Gasteiger partial charge in [-0.05, 0) is 18.6 Å². The number of benzene rings is 1. The summed E-state index contributed by atoms with van der Waals surface area (Å²) in [7, 11) is 0. The molecule has 1 aliphatic carbocycles. The van der Waals surface area contributed by atoms with Crippen LogP contribution in [-0.4, -0.2) is 36.4 Å². The standard InChI is InChI=1S/C15H19NO4/c1-15(2)11(8-12(15)17)16-14(18)9-4-3-5-10-13(9)20-7-6-19-10/h3-5,11-12,17H,6-8H2,1-2H3,(H,16,18). The molecule has 0 saturated heterocycles. The highest BCUT2D eigenvalue weighted by molar-refractivity contribution is 5.98. The molecule has 0 bridgehead atoms. The zero-order valence-corrected chi connectivity index (χ0v) is 11.7. The highest BCUT2D eigenvalue weighted by atomic mass is 16.6. The van der Waals surface area contributed by atoms with Gasteiger partial charge in [0.15, 0.2) is 11.5 Å². The SMILES string of the molecule is CC1(C)C(O)CC1NC(=O)c1cccc2c1OCCO2. The average molecular weight is 277 g/mol. The molecule has 1 aromatic carbocycles. The molecule has 5 heteroatoms. The predicted octanol–water partition coefficient (Wildman–Crippen LogP) is 1.35. The number of ether oxygens (including phenoxy) is 2. The molecule has 2 unspecified atom stereocenters. The third kappa shape index (κ3) is 2.02. The molecule has 0 aromatic heterocycles. The van der Waals surface area contributed by atoms with Crippen LogP contribution in [0, 0.1) is 5.41 Å². The maximum Gasteiger partial charge on any atom is 0.255 e. The van der Waals surface area contributed by atoms with Crippen LogP contribution in [0.5, 0.6) is 11.5 Å². The molecule has 1 saturated carbocycles. The van der Waals surface area contributed by atoms with Crippen LogP contribution in [0.3, 0.4) is 0 Å². The lowest BCUT2D eigenvalue weighted by atomic mass is 9.64. The van der Waals surface area contributed by atoms with E-state index in [0.29, 0.717) is 36.7 Å². The molecule has 1 amide bonds. The number of carbonyl (C=O) groups is 1. The quantitative estimate of drug-likeness (QED) is 0.856. The summed E-state index contributed by atoms with van der Waals surface area (Å²) in [6.45, 7) is 4.85. The van der Waals surface area contributed by atoms with Gasteiger partial charge in [-0.2, -0.15) is 0 Å². The van der Waals surface area contributed by atoms with Crippen LogP contribution >= 0.6 is 0 Å². The third-order valence-corrected chi connectivity index (χ3v) is 4.33. The van der Waals surface area contributed by atoms with Crippen LogP contribution < -0.4 is 14.8 Å². The maximum absolute atomic E-state index is 12.4. The van der Waals surface area contributed by atoms with E-state index in [9.17, 15) is 9.90 Å². The first kappa shape index (κ1) is 13.2. The van der Waals surface area contributed by atoms with Crippen molar-refractivity contribution in [2.45, 2.75) is 32.4 Å². The van der Waals surface area contributed by atoms with Gasteiger partial charge in [0.1, 0.15) is 13.2 Å². The van der Waals surface area contributed by atoms with Gasteiger partial charge in [0.2, 0.25) is 0 Å². The van der Waals surface area contributed by atoms with Crippen LogP contribution in [0.4, 0.5) is 0 Å². The Morgan fingerprint density at radius 1 is 1.35 bits per heavy atom. The van der Waals surface area contributed by atoms with Gasteiger partial charge >= 0.3 is 0 Å². The lowest BCUT2D eigenvalue weighted by molar-refractivity contribution is -0.0689. The van der Waals surface area contributed by atoms with Gasteiger partial charge in [0, 0.05) is 11.5 Å². The number of carbonyl (C=O) groups excluding carboxylic acids is 1. The van der Waals surface area contributed by atoms with Gasteiger partial charge in [-0.3, -0.25) is 4.79 Å². The van der Waals surface area contributed by atoms with Crippen molar-refractivity contribution in [2.75, 3.05) is 13.2 Å². The molecule has 1 aliphatic heterocycles. The Kier molecular flexibility index (Phi) is 3.09. The van der Waals surface area contributed by atoms with E-state index in [1.54, 1.807) is 18.2 Å². The minimum Gasteiger partial charge on any atom is -0.486 e. The van der Waals surface area contributed by atoms with E-state index in [0.717, 1.165) is 0 Å². The molecule has 2 aliphatic rings. The van der Waals surface area contributed by atoms with E-state index in [4.69, 9.17) is 9.47 Å². The van der Waals surface area contributed by atoms with Crippen molar-refractivity contribution in [1.82, 2.24) is 5.32 Å². The van der Waals surface area contributed by atoms with Gasteiger partial charge in [-0.25, -0.2) is 0 Å². The number of rotatable bonds is 2. The summed E-state index contributed by atoms with van der Waals surface area (Å²) in [4.78, 5) is 12.4. The fourth-order valence-electron chi connectivity index (χ4n) is 2.64. The molecule has 2 N–H and O–H groups in total. The molecule has 2 atom stereocenters. The Balaban J connectivity index is 1.78. The van der Waals surface area contributed by atoms with Gasteiger partial charge in [0.25, 0.3) is 5.91 Å². The monoisotopic (exact) mass is 277 g/mol. The summed E-state index contributed by atoms with van der Waals surface area (Å²) in [5.74, 6) is 0.933. The van der Waals surface area contributed by atoms with E-state index >= 15 is 0 Å². The summed E-state index contributed by atoms with van der Waals surface area (Å²) >= 11 is 0. The van der Waals surface area contributed by atoms with Crippen molar-refractivity contribution in [3.05, 3.63) is 23.8 Å². The molecule has 5 nitrogen and oxygen atoms in total. The van der Waals surface area contributed by atoms with E-state index in [1.807, 2.05) is 13.8 Å². The number of para-hydroxylation sites is 1. The Morgan fingerprint density at radius 3 is 2.80 bits per heavy atom. The second-order valence-corrected chi connectivity index (χ2v) is 5.93. The number of fused-ring (bicyclic) bond motifs is 1. The first-order valence-corrected chi connectivity index (χ1v) is 6.87. The highest BCUT2D eigenvalue weighted by Crippen LogP contribution is 2.41. The Labute approximate surface area is 117 Å². The largest absolute Gasteiger partial charge is 0.486 e. The summed E-state index contributed by atoms with van der Waals surface area (Å²) in [5, 5.41) is 12.7. The summed E-state index contributed by atoms with van der Waals surface area (Å²) in [5.41, 5.74) is 0.196. The molecule has 1 heterocycles. The van der Waals surface area contributed by atoms with Gasteiger partial charge in [-0.15, -0.1) is 0 Å².